The number of hydrogen-bond acceptors (Lipinski definition) is 14. The first-order valence-corrected chi connectivity index (χ1v) is 11.9. The van der Waals surface area contributed by atoms with E-state index < -0.39 is 61.8 Å². The quantitative estimate of drug-likeness (QED) is 0.0754. The molecular weight excluding hydrogens is 587 g/mol. The van der Waals surface area contributed by atoms with Crippen LogP contribution in [0.25, 0.3) is 0 Å². The molecule has 15 heteroatoms. The summed E-state index contributed by atoms with van der Waals surface area (Å²) >= 11 is 0. The number of aliphatic imine (C=N–C) groups is 2. The minimum absolute atomic E-state index is 0. The minimum atomic E-state index is -1.51. The minimum Gasteiger partial charge on any atom is -0.545 e. The second-order valence-corrected chi connectivity index (χ2v) is 8.32. The summed E-state index contributed by atoms with van der Waals surface area (Å²) in [4.78, 5) is 29.4. The number of nitrogens with zero attached hydrogens (tertiary/aromatic N) is 2. The maximum atomic E-state index is 10.8. The van der Waals surface area contributed by atoms with Gasteiger partial charge in [-0.25, -0.2) is 0 Å². The molecule has 2 aromatic carbocycles. The summed E-state index contributed by atoms with van der Waals surface area (Å²) in [6, 6.07) is 11.9. The van der Waals surface area contributed by atoms with Crippen LogP contribution in [0.15, 0.2) is 58.5 Å². The fourth-order valence-electron chi connectivity index (χ4n) is 3.04. The fourth-order valence-corrected chi connectivity index (χ4v) is 3.04. The van der Waals surface area contributed by atoms with Gasteiger partial charge < -0.3 is 60.7 Å². The van der Waals surface area contributed by atoms with Gasteiger partial charge in [0.1, 0.15) is 24.4 Å². The van der Waals surface area contributed by atoms with Gasteiger partial charge in [-0.2, -0.15) is 0 Å². The number of hydrogen-bond donors (Lipinski definition) is 8. The molecule has 8 N–H and O–H groups in total. The van der Waals surface area contributed by atoms with Gasteiger partial charge in [-0.05, 0) is 12.1 Å². The molecular formula is C26H32MnN2O12. The van der Waals surface area contributed by atoms with Gasteiger partial charge in [0, 0.05) is 36.4 Å². The maximum Gasteiger partial charge on any atom is 2.00 e. The van der Waals surface area contributed by atoms with Crippen LogP contribution in [-0.4, -0.2) is 115 Å². The van der Waals surface area contributed by atoms with E-state index in [0.29, 0.717) is 0 Å². The number of carbonyl (C=O) groups is 2. The predicted octanol–water partition coefficient (Wildman–Crippen LogP) is -3.57. The van der Waals surface area contributed by atoms with Gasteiger partial charge in [-0.3, -0.25) is 9.98 Å². The van der Waals surface area contributed by atoms with E-state index >= 15 is 0 Å². The number of para-hydroxylation sites is 2. The third-order valence-electron chi connectivity index (χ3n) is 5.35. The summed E-state index contributed by atoms with van der Waals surface area (Å²) in [7, 11) is 0. The molecule has 0 aliphatic rings. The zero-order chi connectivity index (χ0) is 30.2. The van der Waals surface area contributed by atoms with E-state index in [1.807, 2.05) is 0 Å². The number of benzene rings is 2. The van der Waals surface area contributed by atoms with E-state index in [-0.39, 0.29) is 52.4 Å². The Kier molecular flexibility index (Phi) is 18.4. The Hall–Kier alpha value is -3.08. The zero-order valence-corrected chi connectivity index (χ0v) is 22.7. The molecule has 41 heavy (non-hydrogen) atoms. The molecule has 0 aliphatic heterocycles. The van der Waals surface area contributed by atoms with E-state index in [1.54, 1.807) is 12.1 Å². The van der Waals surface area contributed by atoms with Crippen LogP contribution < -0.4 is 10.2 Å². The SMILES string of the molecule is O=C([O-])c1ccccc1N=CC[C@@H](O)[C@H](O)[C@H](O)CO.O=C([O-])c1ccccc1N=CC[C@@H](O)[C@H](O)[C@H](O)CO.[Mn+2]. The first-order valence-electron chi connectivity index (χ1n) is 11.9. The molecule has 0 fully saturated rings. The smallest absolute Gasteiger partial charge is 0.545 e. The summed E-state index contributed by atoms with van der Waals surface area (Å²) in [6.07, 6.45) is -6.35. The topological polar surface area (TPSA) is 267 Å². The fraction of sp³-hybridized carbons (Fsp3) is 0.385. The largest absolute Gasteiger partial charge is 2.00 e. The van der Waals surface area contributed by atoms with E-state index in [4.69, 9.17) is 20.4 Å². The van der Waals surface area contributed by atoms with Crippen molar-refractivity contribution in [1.82, 2.24) is 0 Å². The molecule has 2 aromatic rings. The molecule has 0 heterocycles. The molecule has 0 aromatic heterocycles. The first-order chi connectivity index (χ1) is 18.9. The van der Waals surface area contributed by atoms with E-state index in [0.717, 1.165) is 0 Å². The Balaban J connectivity index is 0.000000762. The van der Waals surface area contributed by atoms with Crippen molar-refractivity contribution in [2.24, 2.45) is 9.98 Å². The van der Waals surface area contributed by atoms with Crippen molar-refractivity contribution in [2.45, 2.75) is 49.5 Å². The van der Waals surface area contributed by atoms with Gasteiger partial charge in [-0.15, -0.1) is 0 Å². The van der Waals surface area contributed by atoms with Crippen LogP contribution in [-0.2, 0) is 17.1 Å². The van der Waals surface area contributed by atoms with Gasteiger partial charge in [0.2, 0.25) is 0 Å². The summed E-state index contributed by atoms with van der Waals surface area (Å²) in [5.74, 6) is -2.73. The third kappa shape index (κ3) is 13.0. The van der Waals surface area contributed by atoms with Crippen LogP contribution in [0.5, 0.6) is 0 Å². The molecule has 225 valence electrons. The molecule has 0 amide bonds. The first kappa shape index (κ1) is 37.9. The molecule has 0 unspecified atom stereocenters. The Morgan fingerprint density at radius 1 is 0.634 bits per heavy atom. The van der Waals surface area contributed by atoms with Crippen LogP contribution in [0.2, 0.25) is 0 Å². The number of aliphatic hydroxyl groups excluding tert-OH is 8. The van der Waals surface area contributed by atoms with E-state index in [2.05, 4.69) is 9.98 Å². The zero-order valence-electron chi connectivity index (χ0n) is 21.5. The number of aromatic carboxylic acids is 2. The average Bonchev–Trinajstić information content (AvgIpc) is 2.95. The van der Waals surface area contributed by atoms with Crippen molar-refractivity contribution in [1.29, 1.82) is 0 Å². The van der Waals surface area contributed by atoms with Crippen molar-refractivity contribution in [2.75, 3.05) is 13.2 Å². The number of carboxylic acids is 2. The molecule has 2 rings (SSSR count). The molecule has 6 atom stereocenters. The van der Waals surface area contributed by atoms with Crippen LogP contribution in [0, 0.1) is 0 Å². The number of aliphatic hydroxyl groups is 8. The Bertz CT molecular complexity index is 1050. The van der Waals surface area contributed by atoms with Crippen LogP contribution in [0.4, 0.5) is 11.4 Å². The maximum absolute atomic E-state index is 10.8. The van der Waals surface area contributed by atoms with Crippen molar-refractivity contribution in [3.8, 4) is 0 Å². The Morgan fingerprint density at radius 3 is 1.24 bits per heavy atom. The monoisotopic (exact) mass is 619 g/mol. The van der Waals surface area contributed by atoms with Gasteiger partial charge >= 0.3 is 17.1 Å². The number of carbonyl (C=O) groups excluding carboxylic acids is 2. The van der Waals surface area contributed by atoms with Gasteiger partial charge in [0.25, 0.3) is 0 Å². The Labute approximate surface area is 245 Å². The molecule has 0 aliphatic carbocycles. The summed E-state index contributed by atoms with van der Waals surface area (Å²) in [5, 5.41) is 95.0. The normalized spacial score (nSPS) is 15.6. The Morgan fingerprint density at radius 2 is 0.951 bits per heavy atom. The van der Waals surface area contributed by atoms with Crippen molar-refractivity contribution in [3.05, 3.63) is 59.7 Å². The van der Waals surface area contributed by atoms with Crippen molar-refractivity contribution in [3.63, 3.8) is 0 Å². The summed E-state index contributed by atoms with van der Waals surface area (Å²) in [6.45, 7) is -1.36. The molecule has 0 spiro atoms. The van der Waals surface area contributed by atoms with E-state index in [9.17, 15) is 40.2 Å². The van der Waals surface area contributed by atoms with Gasteiger partial charge in [0.15, 0.2) is 0 Å². The molecule has 0 saturated carbocycles. The van der Waals surface area contributed by atoms with Gasteiger partial charge in [0.05, 0.1) is 48.7 Å². The number of rotatable bonds is 14. The molecule has 14 nitrogen and oxygen atoms in total. The van der Waals surface area contributed by atoms with Gasteiger partial charge in [-0.1, -0.05) is 36.4 Å². The van der Waals surface area contributed by atoms with Crippen molar-refractivity contribution >= 4 is 35.7 Å². The second kappa shape index (κ2) is 19.9. The standard InChI is InChI=1S/2C13H17NO6.Mn/c2*15-7-11(17)12(18)10(16)5-6-14-9-4-2-1-3-8(9)13(19)20;/h2*1-4,6,10-12,15-18H,5,7H2,(H,19,20);/q;;+2/p-2/t2*10-,11-,12+;/m11./s1. The van der Waals surface area contributed by atoms with Crippen molar-refractivity contribution < 1.29 is 77.7 Å². The van der Waals surface area contributed by atoms with Crippen LogP contribution in [0.1, 0.15) is 33.6 Å². The summed E-state index contributed by atoms with van der Waals surface area (Å²) in [5.41, 5.74) is 0.150. The summed E-state index contributed by atoms with van der Waals surface area (Å²) < 4.78 is 0. The predicted molar refractivity (Wildman–Crippen MR) is 137 cm³/mol. The van der Waals surface area contributed by atoms with Crippen LogP contribution >= 0.6 is 0 Å². The van der Waals surface area contributed by atoms with Crippen LogP contribution in [0.3, 0.4) is 0 Å². The molecule has 1 radical (unpaired) electrons. The molecule has 0 bridgehead atoms. The average molecular weight is 619 g/mol. The second-order valence-electron chi connectivity index (χ2n) is 8.32. The molecule has 0 saturated heterocycles. The van der Waals surface area contributed by atoms with E-state index in [1.165, 1.54) is 48.8 Å². The number of carboxylic acid groups (broad SMARTS) is 2. The third-order valence-corrected chi connectivity index (χ3v) is 5.35.